The van der Waals surface area contributed by atoms with Gasteiger partial charge in [0.25, 0.3) is 0 Å². The van der Waals surface area contributed by atoms with Crippen LogP contribution in [-0.2, 0) is 9.59 Å². The highest BCUT2D eigenvalue weighted by Crippen LogP contribution is 2.37. The number of hydrogen-bond donors (Lipinski definition) is 2. The molecule has 1 aliphatic rings. The standard InChI is InChI=1S/C10H14F3NO3/c11-10(12,13)6-2-1-3-7(4-6)14-8(15)5-9(16)17/h6-7H,1-5H2,(H,14,15)(H,16,17). The average molecular weight is 253 g/mol. The lowest BCUT2D eigenvalue weighted by molar-refractivity contribution is -0.184. The molecule has 2 unspecified atom stereocenters. The van der Waals surface area contributed by atoms with Gasteiger partial charge in [-0.2, -0.15) is 13.2 Å². The Bertz CT molecular complexity index is 304. The fraction of sp³-hybridized carbons (Fsp3) is 0.800. The molecule has 1 rings (SSSR count). The van der Waals surface area contributed by atoms with Gasteiger partial charge in [0.1, 0.15) is 6.42 Å². The van der Waals surface area contributed by atoms with Gasteiger partial charge in [0.15, 0.2) is 0 Å². The number of carbonyl (C=O) groups excluding carboxylic acids is 1. The van der Waals surface area contributed by atoms with Crippen LogP contribution in [0.1, 0.15) is 32.1 Å². The summed E-state index contributed by atoms with van der Waals surface area (Å²) in [5.41, 5.74) is 0. The first-order chi connectivity index (χ1) is 7.79. The van der Waals surface area contributed by atoms with Crippen molar-refractivity contribution in [2.45, 2.75) is 44.3 Å². The third kappa shape index (κ3) is 4.62. The van der Waals surface area contributed by atoms with E-state index < -0.39 is 36.4 Å². The number of alkyl halides is 3. The van der Waals surface area contributed by atoms with E-state index in [-0.39, 0.29) is 12.8 Å². The molecular weight excluding hydrogens is 239 g/mol. The molecule has 0 radical (unpaired) electrons. The molecule has 1 saturated carbocycles. The maximum atomic E-state index is 12.5. The van der Waals surface area contributed by atoms with Crippen molar-refractivity contribution in [1.29, 1.82) is 0 Å². The molecule has 0 saturated heterocycles. The van der Waals surface area contributed by atoms with Crippen LogP contribution < -0.4 is 5.32 Å². The van der Waals surface area contributed by atoms with Gasteiger partial charge in [-0.1, -0.05) is 6.42 Å². The monoisotopic (exact) mass is 253 g/mol. The Balaban J connectivity index is 2.45. The average Bonchev–Trinajstić information content (AvgIpc) is 2.15. The summed E-state index contributed by atoms with van der Waals surface area (Å²) in [5, 5.41) is 10.7. The Morgan fingerprint density at radius 3 is 2.47 bits per heavy atom. The Kier molecular flexibility index (Phi) is 4.36. The van der Waals surface area contributed by atoms with E-state index in [2.05, 4.69) is 5.32 Å². The summed E-state index contributed by atoms with van der Waals surface area (Å²) < 4.78 is 37.4. The number of rotatable bonds is 3. The number of carboxylic acids is 1. The van der Waals surface area contributed by atoms with Crippen molar-refractivity contribution in [3.05, 3.63) is 0 Å². The van der Waals surface area contributed by atoms with E-state index in [1.165, 1.54) is 0 Å². The largest absolute Gasteiger partial charge is 0.481 e. The number of hydrogen-bond acceptors (Lipinski definition) is 2. The fourth-order valence-corrected chi connectivity index (χ4v) is 2.03. The summed E-state index contributed by atoms with van der Waals surface area (Å²) in [6, 6.07) is -0.567. The van der Waals surface area contributed by atoms with E-state index in [1.807, 2.05) is 0 Å². The first-order valence-corrected chi connectivity index (χ1v) is 5.37. The molecule has 17 heavy (non-hydrogen) atoms. The lowest BCUT2D eigenvalue weighted by Gasteiger charge is -2.30. The minimum Gasteiger partial charge on any atom is -0.481 e. The molecule has 0 bridgehead atoms. The minimum absolute atomic E-state index is 0.0782. The van der Waals surface area contributed by atoms with E-state index in [9.17, 15) is 22.8 Å². The topological polar surface area (TPSA) is 66.4 Å². The highest BCUT2D eigenvalue weighted by Gasteiger charge is 2.42. The molecule has 0 aromatic heterocycles. The van der Waals surface area contributed by atoms with Crippen LogP contribution in [0.25, 0.3) is 0 Å². The second-order valence-corrected chi connectivity index (χ2v) is 4.24. The highest BCUT2D eigenvalue weighted by atomic mass is 19.4. The molecule has 4 nitrogen and oxygen atoms in total. The summed E-state index contributed by atoms with van der Waals surface area (Å²) in [5.74, 6) is -3.41. The van der Waals surface area contributed by atoms with Crippen LogP contribution in [0, 0.1) is 5.92 Å². The van der Waals surface area contributed by atoms with Crippen molar-refractivity contribution in [3.8, 4) is 0 Å². The quantitative estimate of drug-likeness (QED) is 0.752. The Labute approximate surface area is 96.2 Å². The van der Waals surface area contributed by atoms with Crippen molar-refractivity contribution in [1.82, 2.24) is 5.32 Å². The van der Waals surface area contributed by atoms with E-state index in [4.69, 9.17) is 5.11 Å². The number of amides is 1. The van der Waals surface area contributed by atoms with E-state index >= 15 is 0 Å². The van der Waals surface area contributed by atoms with Crippen LogP contribution in [0.4, 0.5) is 13.2 Å². The van der Waals surface area contributed by atoms with Gasteiger partial charge in [-0.25, -0.2) is 0 Å². The normalized spacial score (nSPS) is 25.4. The number of carboxylic acid groups (broad SMARTS) is 1. The lowest BCUT2D eigenvalue weighted by Crippen LogP contribution is -2.42. The maximum absolute atomic E-state index is 12.5. The van der Waals surface area contributed by atoms with Gasteiger partial charge < -0.3 is 10.4 Å². The number of aliphatic carboxylic acids is 1. The first kappa shape index (κ1) is 13.8. The minimum atomic E-state index is -4.24. The molecule has 1 amide bonds. The zero-order chi connectivity index (χ0) is 13.1. The van der Waals surface area contributed by atoms with Crippen molar-refractivity contribution in [2.75, 3.05) is 0 Å². The third-order valence-electron chi connectivity index (χ3n) is 2.81. The van der Waals surface area contributed by atoms with Crippen LogP contribution >= 0.6 is 0 Å². The van der Waals surface area contributed by atoms with Crippen LogP contribution in [0.2, 0.25) is 0 Å². The molecular formula is C10H14F3NO3. The fourth-order valence-electron chi connectivity index (χ4n) is 2.03. The van der Waals surface area contributed by atoms with Gasteiger partial charge in [-0.15, -0.1) is 0 Å². The van der Waals surface area contributed by atoms with Crippen LogP contribution in [0.5, 0.6) is 0 Å². The zero-order valence-corrected chi connectivity index (χ0v) is 9.09. The van der Waals surface area contributed by atoms with Gasteiger partial charge in [-0.3, -0.25) is 9.59 Å². The SMILES string of the molecule is O=C(O)CC(=O)NC1CCCC(C(F)(F)F)C1. The Morgan fingerprint density at radius 2 is 1.94 bits per heavy atom. The molecule has 2 atom stereocenters. The smallest absolute Gasteiger partial charge is 0.391 e. The van der Waals surface area contributed by atoms with Crippen molar-refractivity contribution < 1.29 is 27.9 Å². The van der Waals surface area contributed by atoms with E-state index in [1.54, 1.807) is 0 Å². The summed E-state index contributed by atoms with van der Waals surface area (Å²) in [7, 11) is 0. The van der Waals surface area contributed by atoms with Crippen LogP contribution in [0.15, 0.2) is 0 Å². The summed E-state index contributed by atoms with van der Waals surface area (Å²) in [6.45, 7) is 0. The molecule has 1 fully saturated rings. The van der Waals surface area contributed by atoms with E-state index in [0.717, 1.165) is 0 Å². The highest BCUT2D eigenvalue weighted by molar-refractivity contribution is 5.93. The van der Waals surface area contributed by atoms with Gasteiger partial charge >= 0.3 is 12.1 Å². The molecule has 0 aromatic carbocycles. The number of nitrogens with one attached hydrogen (secondary N) is 1. The first-order valence-electron chi connectivity index (χ1n) is 5.37. The number of carbonyl (C=O) groups is 2. The molecule has 1 aliphatic carbocycles. The zero-order valence-electron chi connectivity index (χ0n) is 9.09. The van der Waals surface area contributed by atoms with Crippen molar-refractivity contribution in [3.63, 3.8) is 0 Å². The predicted molar refractivity (Wildman–Crippen MR) is 52.2 cm³/mol. The van der Waals surface area contributed by atoms with E-state index in [0.29, 0.717) is 12.8 Å². The lowest BCUT2D eigenvalue weighted by atomic mass is 9.85. The maximum Gasteiger partial charge on any atom is 0.391 e. The second-order valence-electron chi connectivity index (χ2n) is 4.24. The van der Waals surface area contributed by atoms with Crippen LogP contribution in [0.3, 0.4) is 0 Å². The van der Waals surface area contributed by atoms with Gasteiger partial charge in [0.05, 0.1) is 5.92 Å². The predicted octanol–water partition coefficient (Wildman–Crippen LogP) is 1.70. The van der Waals surface area contributed by atoms with Crippen molar-refractivity contribution in [2.24, 2.45) is 5.92 Å². The van der Waals surface area contributed by atoms with Gasteiger partial charge in [-0.05, 0) is 19.3 Å². The second kappa shape index (κ2) is 5.37. The third-order valence-corrected chi connectivity index (χ3v) is 2.81. The number of halogens is 3. The Hall–Kier alpha value is -1.27. The molecule has 0 spiro atoms. The Morgan fingerprint density at radius 1 is 1.29 bits per heavy atom. The molecule has 0 heterocycles. The molecule has 0 aromatic rings. The van der Waals surface area contributed by atoms with Crippen LogP contribution in [-0.4, -0.2) is 29.2 Å². The van der Waals surface area contributed by atoms with Gasteiger partial charge in [0.2, 0.25) is 5.91 Å². The van der Waals surface area contributed by atoms with Gasteiger partial charge in [0, 0.05) is 6.04 Å². The summed E-state index contributed by atoms with van der Waals surface area (Å²) >= 11 is 0. The molecule has 7 heteroatoms. The molecule has 98 valence electrons. The summed E-state index contributed by atoms with van der Waals surface area (Å²) in [6.07, 6.45) is -4.16. The van der Waals surface area contributed by atoms with Crippen molar-refractivity contribution >= 4 is 11.9 Å². The molecule has 0 aliphatic heterocycles. The molecule has 2 N–H and O–H groups in total. The summed E-state index contributed by atoms with van der Waals surface area (Å²) in [4.78, 5) is 21.3.